The number of aliphatic hydroxyl groups is 1. The van der Waals surface area contributed by atoms with Crippen molar-refractivity contribution < 1.29 is 5.11 Å². The molecule has 0 aromatic carbocycles. The van der Waals surface area contributed by atoms with Gasteiger partial charge in [-0.15, -0.1) is 0 Å². The number of aliphatic hydroxyl groups excluding tert-OH is 1. The summed E-state index contributed by atoms with van der Waals surface area (Å²) in [5.74, 6) is 0.484. The fourth-order valence-electron chi connectivity index (χ4n) is 2.39. The van der Waals surface area contributed by atoms with Crippen LogP contribution in [0.3, 0.4) is 0 Å². The topological polar surface area (TPSA) is 36.4 Å². The van der Waals surface area contributed by atoms with Crippen LogP contribution in [0.15, 0.2) is 18.3 Å². The van der Waals surface area contributed by atoms with Gasteiger partial charge in [-0.3, -0.25) is 4.98 Å². The first-order valence-electron chi connectivity index (χ1n) is 6.86. The highest BCUT2D eigenvalue weighted by molar-refractivity contribution is 5.45. The second kappa shape index (κ2) is 5.27. The van der Waals surface area contributed by atoms with Gasteiger partial charge in [-0.05, 0) is 36.3 Å². The Balaban J connectivity index is 2.01. The van der Waals surface area contributed by atoms with E-state index in [0.29, 0.717) is 12.5 Å². The fraction of sp³-hybridized carbons (Fsp3) is 0.667. The van der Waals surface area contributed by atoms with Crippen molar-refractivity contribution in [3.63, 3.8) is 0 Å². The Kier molecular flexibility index (Phi) is 3.91. The van der Waals surface area contributed by atoms with Gasteiger partial charge in [-0.25, -0.2) is 0 Å². The largest absolute Gasteiger partial charge is 0.396 e. The third-order valence-corrected chi connectivity index (χ3v) is 4.08. The van der Waals surface area contributed by atoms with Crippen LogP contribution in [0.2, 0.25) is 0 Å². The second-order valence-electron chi connectivity index (χ2n) is 6.05. The standard InChI is InChI=1S/C15H24N2O/c1-12(2)14-5-4-13(10-16-14)17-8-6-15(3,11-18)7-9-17/h4-5,10,12,18H,6-9,11H2,1-3H3. The maximum absolute atomic E-state index is 9.37. The lowest BCUT2D eigenvalue weighted by molar-refractivity contribution is 0.115. The van der Waals surface area contributed by atoms with Crippen LogP contribution >= 0.6 is 0 Å². The molecule has 0 amide bonds. The van der Waals surface area contributed by atoms with Crippen LogP contribution in [0, 0.1) is 5.41 Å². The van der Waals surface area contributed by atoms with Gasteiger partial charge in [0.1, 0.15) is 0 Å². The van der Waals surface area contributed by atoms with Crippen LogP contribution in [0.4, 0.5) is 5.69 Å². The quantitative estimate of drug-likeness (QED) is 0.893. The van der Waals surface area contributed by atoms with E-state index in [1.807, 2.05) is 6.20 Å². The van der Waals surface area contributed by atoms with E-state index in [-0.39, 0.29) is 5.41 Å². The second-order valence-corrected chi connectivity index (χ2v) is 6.05. The van der Waals surface area contributed by atoms with Crippen LogP contribution in [0.25, 0.3) is 0 Å². The van der Waals surface area contributed by atoms with E-state index in [1.165, 1.54) is 5.69 Å². The molecule has 1 fully saturated rings. The summed E-state index contributed by atoms with van der Waals surface area (Å²) in [7, 11) is 0. The molecule has 0 aliphatic carbocycles. The van der Waals surface area contributed by atoms with Crippen molar-refractivity contribution in [2.75, 3.05) is 24.6 Å². The highest BCUT2D eigenvalue weighted by Crippen LogP contribution is 2.32. The number of hydrogen-bond acceptors (Lipinski definition) is 3. The highest BCUT2D eigenvalue weighted by Gasteiger charge is 2.29. The van der Waals surface area contributed by atoms with Gasteiger partial charge in [0, 0.05) is 25.4 Å². The summed E-state index contributed by atoms with van der Waals surface area (Å²) >= 11 is 0. The van der Waals surface area contributed by atoms with Gasteiger partial charge in [-0.1, -0.05) is 20.8 Å². The average Bonchev–Trinajstić information content (AvgIpc) is 2.40. The molecule has 0 saturated carbocycles. The molecular weight excluding hydrogens is 224 g/mol. The molecule has 3 heteroatoms. The van der Waals surface area contributed by atoms with Gasteiger partial charge >= 0.3 is 0 Å². The summed E-state index contributed by atoms with van der Waals surface area (Å²) in [6.45, 7) is 8.82. The number of pyridine rings is 1. The molecule has 0 unspecified atom stereocenters. The zero-order valence-electron chi connectivity index (χ0n) is 11.7. The Bertz CT molecular complexity index is 378. The van der Waals surface area contributed by atoms with Crippen LogP contribution in [-0.4, -0.2) is 29.8 Å². The van der Waals surface area contributed by atoms with E-state index in [9.17, 15) is 5.11 Å². The minimum atomic E-state index is 0.113. The van der Waals surface area contributed by atoms with E-state index < -0.39 is 0 Å². The van der Waals surface area contributed by atoms with Crippen LogP contribution < -0.4 is 4.90 Å². The molecular formula is C15H24N2O. The SMILES string of the molecule is CC(C)c1ccc(N2CCC(C)(CO)CC2)cn1. The first-order valence-corrected chi connectivity index (χ1v) is 6.86. The zero-order chi connectivity index (χ0) is 13.2. The molecule has 1 aliphatic rings. The van der Waals surface area contributed by atoms with Crippen LogP contribution in [0.1, 0.15) is 45.2 Å². The molecule has 100 valence electrons. The monoisotopic (exact) mass is 248 g/mol. The number of piperidine rings is 1. The third kappa shape index (κ3) is 2.83. The smallest absolute Gasteiger partial charge is 0.0552 e. The van der Waals surface area contributed by atoms with Gasteiger partial charge in [0.05, 0.1) is 11.9 Å². The molecule has 1 aromatic heterocycles. The first kappa shape index (κ1) is 13.3. The maximum Gasteiger partial charge on any atom is 0.0552 e. The first-order chi connectivity index (χ1) is 8.54. The van der Waals surface area contributed by atoms with Crippen molar-refractivity contribution >= 4 is 5.69 Å². The van der Waals surface area contributed by atoms with E-state index in [0.717, 1.165) is 31.6 Å². The number of hydrogen-bond donors (Lipinski definition) is 1. The molecule has 2 rings (SSSR count). The predicted octanol–water partition coefficient (Wildman–Crippen LogP) is 2.80. The predicted molar refractivity (Wildman–Crippen MR) is 75.0 cm³/mol. The Morgan fingerprint density at radius 1 is 1.33 bits per heavy atom. The van der Waals surface area contributed by atoms with Crippen molar-refractivity contribution in [2.45, 2.75) is 39.5 Å². The summed E-state index contributed by atoms with van der Waals surface area (Å²) < 4.78 is 0. The Hall–Kier alpha value is -1.09. The molecule has 1 N–H and O–H groups in total. The number of rotatable bonds is 3. The molecule has 18 heavy (non-hydrogen) atoms. The Morgan fingerprint density at radius 3 is 2.44 bits per heavy atom. The van der Waals surface area contributed by atoms with Gasteiger partial charge in [0.15, 0.2) is 0 Å². The highest BCUT2D eigenvalue weighted by atomic mass is 16.3. The van der Waals surface area contributed by atoms with E-state index >= 15 is 0 Å². The van der Waals surface area contributed by atoms with Crippen molar-refractivity contribution in [3.05, 3.63) is 24.0 Å². The molecule has 1 aromatic rings. The van der Waals surface area contributed by atoms with Crippen molar-refractivity contribution in [3.8, 4) is 0 Å². The molecule has 0 spiro atoms. The maximum atomic E-state index is 9.37. The molecule has 0 atom stereocenters. The van der Waals surface area contributed by atoms with Gasteiger partial charge < -0.3 is 10.0 Å². The van der Waals surface area contributed by atoms with E-state index in [4.69, 9.17) is 0 Å². The van der Waals surface area contributed by atoms with Crippen molar-refractivity contribution in [2.24, 2.45) is 5.41 Å². The normalized spacial score (nSPS) is 19.3. The minimum absolute atomic E-state index is 0.113. The summed E-state index contributed by atoms with van der Waals surface area (Å²) in [5, 5.41) is 9.37. The van der Waals surface area contributed by atoms with Gasteiger partial charge in [0.2, 0.25) is 0 Å². The lowest BCUT2D eigenvalue weighted by Gasteiger charge is -2.39. The number of anilines is 1. The number of nitrogens with zero attached hydrogens (tertiary/aromatic N) is 2. The molecule has 0 radical (unpaired) electrons. The summed E-state index contributed by atoms with van der Waals surface area (Å²) in [5.41, 5.74) is 2.47. The molecule has 1 aliphatic heterocycles. The fourth-order valence-corrected chi connectivity index (χ4v) is 2.39. The molecule has 0 bridgehead atoms. The van der Waals surface area contributed by atoms with Gasteiger partial charge in [-0.2, -0.15) is 0 Å². The lowest BCUT2D eigenvalue weighted by Crippen LogP contribution is -2.40. The molecule has 2 heterocycles. The van der Waals surface area contributed by atoms with E-state index in [1.54, 1.807) is 0 Å². The minimum Gasteiger partial charge on any atom is -0.396 e. The third-order valence-electron chi connectivity index (χ3n) is 4.08. The zero-order valence-corrected chi connectivity index (χ0v) is 11.7. The van der Waals surface area contributed by atoms with Crippen molar-refractivity contribution in [1.82, 2.24) is 4.98 Å². The summed E-state index contributed by atoms with van der Waals surface area (Å²) in [4.78, 5) is 6.89. The Labute approximate surface area is 110 Å². The molecule has 3 nitrogen and oxygen atoms in total. The summed E-state index contributed by atoms with van der Waals surface area (Å²) in [6.07, 6.45) is 4.09. The average molecular weight is 248 g/mol. The van der Waals surface area contributed by atoms with Crippen LogP contribution in [-0.2, 0) is 0 Å². The van der Waals surface area contributed by atoms with Crippen molar-refractivity contribution in [1.29, 1.82) is 0 Å². The number of aromatic nitrogens is 1. The lowest BCUT2D eigenvalue weighted by atomic mass is 9.81. The van der Waals surface area contributed by atoms with Gasteiger partial charge in [0.25, 0.3) is 0 Å². The summed E-state index contributed by atoms with van der Waals surface area (Å²) in [6, 6.07) is 4.30. The Morgan fingerprint density at radius 2 is 2.00 bits per heavy atom. The van der Waals surface area contributed by atoms with E-state index in [2.05, 4.69) is 42.8 Å². The van der Waals surface area contributed by atoms with Crippen LogP contribution in [0.5, 0.6) is 0 Å². The molecule has 1 saturated heterocycles.